The van der Waals surface area contributed by atoms with Crippen molar-refractivity contribution in [3.63, 3.8) is 0 Å². The monoisotopic (exact) mass is 274 g/mol. The van der Waals surface area contributed by atoms with E-state index in [2.05, 4.69) is 19.1 Å². The zero-order chi connectivity index (χ0) is 14.2. The van der Waals surface area contributed by atoms with Crippen LogP contribution < -0.4 is 0 Å². The topological polar surface area (TPSA) is 37.3 Å². The molecule has 0 spiro atoms. The number of rotatable bonds is 2. The van der Waals surface area contributed by atoms with Gasteiger partial charge in [0.2, 0.25) is 0 Å². The van der Waals surface area contributed by atoms with Crippen molar-refractivity contribution in [1.82, 2.24) is 0 Å². The smallest absolute Gasteiger partial charge is 0.335 e. The van der Waals surface area contributed by atoms with E-state index in [0.29, 0.717) is 5.02 Å². The summed E-state index contributed by atoms with van der Waals surface area (Å²) in [4.78, 5) is 11.1. The first-order valence-corrected chi connectivity index (χ1v) is 6.39. The fraction of sp³-hybridized carbons (Fsp3) is 0.188. The summed E-state index contributed by atoms with van der Waals surface area (Å²) in [6, 6.07) is 8.92. The average molecular weight is 275 g/mol. The summed E-state index contributed by atoms with van der Waals surface area (Å²) in [6.07, 6.45) is 0. The van der Waals surface area contributed by atoms with Gasteiger partial charge >= 0.3 is 5.97 Å². The first kappa shape index (κ1) is 13.6. The molecule has 2 aromatic carbocycles. The third-order valence-corrected chi connectivity index (χ3v) is 3.67. The maximum absolute atomic E-state index is 11.1. The molecular weight excluding hydrogens is 260 g/mol. The Bertz CT molecular complexity index is 660. The van der Waals surface area contributed by atoms with E-state index in [1.54, 1.807) is 12.1 Å². The molecule has 19 heavy (non-hydrogen) atoms. The predicted octanol–water partition coefficient (Wildman–Crippen LogP) is 4.63. The normalized spacial score (nSPS) is 10.5. The number of benzene rings is 2. The summed E-state index contributed by atoms with van der Waals surface area (Å²) < 4.78 is 0. The van der Waals surface area contributed by atoms with Crippen LogP contribution in [0.15, 0.2) is 30.3 Å². The fourth-order valence-corrected chi connectivity index (χ4v) is 2.33. The van der Waals surface area contributed by atoms with E-state index in [0.717, 1.165) is 22.3 Å². The van der Waals surface area contributed by atoms with Crippen LogP contribution in [0.4, 0.5) is 0 Å². The molecule has 2 rings (SSSR count). The van der Waals surface area contributed by atoms with Gasteiger partial charge in [-0.05, 0) is 61.2 Å². The van der Waals surface area contributed by atoms with E-state index in [-0.39, 0.29) is 5.56 Å². The molecule has 0 aliphatic heterocycles. The first-order chi connectivity index (χ1) is 8.90. The molecule has 0 atom stereocenters. The molecule has 0 radical (unpaired) electrons. The van der Waals surface area contributed by atoms with Crippen LogP contribution in [0.3, 0.4) is 0 Å². The van der Waals surface area contributed by atoms with E-state index in [4.69, 9.17) is 16.7 Å². The molecule has 0 bridgehead atoms. The summed E-state index contributed by atoms with van der Waals surface area (Å²) in [6.45, 7) is 6.10. The number of aromatic carboxylic acids is 1. The Balaban J connectivity index is 2.67. The van der Waals surface area contributed by atoms with Gasteiger partial charge in [0, 0.05) is 10.6 Å². The van der Waals surface area contributed by atoms with Gasteiger partial charge in [-0.1, -0.05) is 23.7 Å². The zero-order valence-corrected chi connectivity index (χ0v) is 11.9. The lowest BCUT2D eigenvalue weighted by atomic mass is 9.94. The Hall–Kier alpha value is -1.80. The zero-order valence-electron chi connectivity index (χ0n) is 11.1. The molecule has 0 aromatic heterocycles. The fourth-order valence-electron chi connectivity index (χ4n) is 2.12. The van der Waals surface area contributed by atoms with Gasteiger partial charge in [-0.2, -0.15) is 0 Å². The average Bonchev–Trinajstić information content (AvgIpc) is 2.34. The molecule has 0 saturated heterocycles. The largest absolute Gasteiger partial charge is 0.478 e. The van der Waals surface area contributed by atoms with E-state index in [9.17, 15) is 4.79 Å². The summed E-state index contributed by atoms with van der Waals surface area (Å²) in [5, 5.41) is 9.64. The second-order valence-corrected chi connectivity index (χ2v) is 5.16. The van der Waals surface area contributed by atoms with Crippen LogP contribution >= 0.6 is 11.6 Å². The number of aryl methyl sites for hydroxylation is 3. The van der Waals surface area contributed by atoms with Gasteiger partial charge in [0.1, 0.15) is 0 Å². The Kier molecular flexibility index (Phi) is 3.63. The van der Waals surface area contributed by atoms with Crippen LogP contribution in [0.5, 0.6) is 0 Å². The highest BCUT2D eigenvalue weighted by molar-refractivity contribution is 6.33. The van der Waals surface area contributed by atoms with Gasteiger partial charge in [0.15, 0.2) is 0 Å². The maximum Gasteiger partial charge on any atom is 0.335 e. The van der Waals surface area contributed by atoms with Crippen molar-refractivity contribution in [1.29, 1.82) is 0 Å². The third kappa shape index (κ3) is 2.64. The SMILES string of the molecule is Cc1cc(C)c(-c2cc(C(=O)O)ccc2Cl)cc1C. The number of hydrogen-bond acceptors (Lipinski definition) is 1. The summed E-state index contributed by atoms with van der Waals surface area (Å²) in [7, 11) is 0. The number of carbonyl (C=O) groups is 1. The number of carboxylic acid groups (broad SMARTS) is 1. The Morgan fingerprint density at radius 1 is 0.947 bits per heavy atom. The molecule has 0 saturated carbocycles. The van der Waals surface area contributed by atoms with Crippen molar-refractivity contribution in [2.24, 2.45) is 0 Å². The van der Waals surface area contributed by atoms with Gasteiger partial charge in [-0.25, -0.2) is 4.79 Å². The van der Waals surface area contributed by atoms with E-state index >= 15 is 0 Å². The quantitative estimate of drug-likeness (QED) is 0.867. The molecule has 2 nitrogen and oxygen atoms in total. The summed E-state index contributed by atoms with van der Waals surface area (Å²) in [5.74, 6) is -0.945. The molecule has 0 unspecified atom stereocenters. The Morgan fingerprint density at radius 3 is 2.21 bits per heavy atom. The molecule has 0 fully saturated rings. The molecule has 3 heteroatoms. The first-order valence-electron chi connectivity index (χ1n) is 6.01. The van der Waals surface area contributed by atoms with Crippen molar-refractivity contribution in [2.45, 2.75) is 20.8 Å². The molecule has 0 aliphatic rings. The number of hydrogen-bond donors (Lipinski definition) is 1. The maximum atomic E-state index is 11.1. The highest BCUT2D eigenvalue weighted by Crippen LogP contribution is 2.32. The van der Waals surface area contributed by atoms with E-state index in [1.807, 2.05) is 13.8 Å². The van der Waals surface area contributed by atoms with Gasteiger partial charge in [-0.3, -0.25) is 0 Å². The number of halogens is 1. The lowest BCUT2D eigenvalue weighted by Gasteiger charge is -2.12. The van der Waals surface area contributed by atoms with Gasteiger partial charge < -0.3 is 5.11 Å². The lowest BCUT2D eigenvalue weighted by molar-refractivity contribution is 0.0697. The van der Waals surface area contributed by atoms with Crippen LogP contribution in [0.1, 0.15) is 27.0 Å². The van der Waals surface area contributed by atoms with Crippen molar-refractivity contribution in [2.75, 3.05) is 0 Å². The van der Waals surface area contributed by atoms with Crippen LogP contribution in [0.25, 0.3) is 11.1 Å². The minimum Gasteiger partial charge on any atom is -0.478 e. The second-order valence-electron chi connectivity index (χ2n) is 4.75. The molecule has 1 N–H and O–H groups in total. The molecule has 98 valence electrons. The molecular formula is C16H15ClO2. The van der Waals surface area contributed by atoms with E-state index in [1.165, 1.54) is 11.6 Å². The summed E-state index contributed by atoms with van der Waals surface area (Å²) >= 11 is 6.21. The second kappa shape index (κ2) is 5.06. The minimum atomic E-state index is -0.945. The standard InChI is InChI=1S/C16H15ClO2/c1-9-6-11(3)13(7-10(9)2)14-8-12(16(18)19)4-5-15(14)17/h4-8H,1-3H3,(H,18,19). The molecule has 0 amide bonds. The predicted molar refractivity (Wildman–Crippen MR) is 78.1 cm³/mol. The highest BCUT2D eigenvalue weighted by atomic mass is 35.5. The van der Waals surface area contributed by atoms with Crippen LogP contribution in [0.2, 0.25) is 5.02 Å². The Labute approximate surface area is 117 Å². The van der Waals surface area contributed by atoms with Crippen molar-refractivity contribution < 1.29 is 9.90 Å². The van der Waals surface area contributed by atoms with Gasteiger partial charge in [0.05, 0.1) is 5.56 Å². The molecule has 0 aliphatic carbocycles. The van der Waals surface area contributed by atoms with Crippen molar-refractivity contribution in [3.05, 3.63) is 57.6 Å². The van der Waals surface area contributed by atoms with Crippen LogP contribution in [-0.4, -0.2) is 11.1 Å². The molecule has 0 heterocycles. The van der Waals surface area contributed by atoms with E-state index < -0.39 is 5.97 Å². The van der Waals surface area contributed by atoms with Gasteiger partial charge in [0.25, 0.3) is 0 Å². The van der Waals surface area contributed by atoms with Crippen LogP contribution in [-0.2, 0) is 0 Å². The van der Waals surface area contributed by atoms with Crippen molar-refractivity contribution >= 4 is 17.6 Å². The van der Waals surface area contributed by atoms with Crippen LogP contribution in [0, 0.1) is 20.8 Å². The minimum absolute atomic E-state index is 0.247. The van der Waals surface area contributed by atoms with Crippen molar-refractivity contribution in [3.8, 4) is 11.1 Å². The molecule has 2 aromatic rings. The summed E-state index contributed by atoms with van der Waals surface area (Å²) in [5.41, 5.74) is 5.46. The third-order valence-electron chi connectivity index (χ3n) is 3.34. The highest BCUT2D eigenvalue weighted by Gasteiger charge is 2.11. The lowest BCUT2D eigenvalue weighted by Crippen LogP contribution is -1.97. The Morgan fingerprint density at radius 2 is 1.58 bits per heavy atom. The van der Waals surface area contributed by atoms with Gasteiger partial charge in [-0.15, -0.1) is 0 Å². The number of carboxylic acids is 1.